The molecule has 0 aliphatic heterocycles. The number of nitrogens with zero attached hydrogens (tertiary/aromatic N) is 1. The van der Waals surface area contributed by atoms with Crippen LogP contribution in [0.5, 0.6) is 0 Å². The van der Waals surface area contributed by atoms with E-state index in [-0.39, 0.29) is 0 Å². The average molecular weight is 429 g/mol. The number of rotatable bonds is 3. The smallest absolute Gasteiger partial charge is 0.189 e. The minimum atomic E-state index is -3.22. The molecule has 152 valence electrons. The number of hydrogen-bond acceptors (Lipinski definition) is 2. The van der Waals surface area contributed by atoms with Crippen LogP contribution < -0.4 is 16.0 Å². The summed E-state index contributed by atoms with van der Waals surface area (Å²) < 4.78 is 15.1. The van der Waals surface area contributed by atoms with Crippen LogP contribution in [-0.4, -0.2) is 4.98 Å². The lowest BCUT2D eigenvalue weighted by atomic mass is 9.99. The zero-order valence-corrected chi connectivity index (χ0v) is 18.2. The van der Waals surface area contributed by atoms with E-state index < -0.39 is 7.14 Å². The first-order valence-corrected chi connectivity index (χ1v) is 12.4. The molecule has 32 heavy (non-hydrogen) atoms. The second-order valence-electron chi connectivity index (χ2n) is 7.94. The normalized spacial score (nSPS) is 11.9. The van der Waals surface area contributed by atoms with Gasteiger partial charge in [-0.2, -0.15) is 0 Å². The van der Waals surface area contributed by atoms with Gasteiger partial charge in [0.1, 0.15) is 5.44 Å². The summed E-state index contributed by atoms with van der Waals surface area (Å²) in [6, 6.07) is 40.3. The highest BCUT2D eigenvalue weighted by Gasteiger charge is 2.33. The Morgan fingerprint density at radius 2 is 1.06 bits per heavy atom. The minimum Gasteiger partial charge on any atom is -0.307 e. The lowest BCUT2D eigenvalue weighted by molar-refractivity contribution is 0.592. The van der Waals surface area contributed by atoms with Crippen molar-refractivity contribution in [3.63, 3.8) is 0 Å². The number of pyridine rings is 1. The van der Waals surface area contributed by atoms with Crippen molar-refractivity contribution in [2.24, 2.45) is 0 Å². The number of fused-ring (bicyclic) bond motifs is 5. The van der Waals surface area contributed by atoms with E-state index in [0.717, 1.165) is 43.1 Å². The van der Waals surface area contributed by atoms with E-state index in [1.54, 1.807) is 0 Å². The molecule has 0 spiro atoms. The molecular weight excluding hydrogens is 409 g/mol. The zero-order chi connectivity index (χ0) is 21.5. The van der Waals surface area contributed by atoms with Crippen molar-refractivity contribution in [1.82, 2.24) is 4.98 Å². The first-order chi connectivity index (χ1) is 15.8. The third kappa shape index (κ3) is 2.81. The number of benzene rings is 5. The van der Waals surface area contributed by atoms with Crippen molar-refractivity contribution in [2.75, 3.05) is 0 Å². The van der Waals surface area contributed by atoms with Crippen LogP contribution in [0.25, 0.3) is 32.4 Å². The van der Waals surface area contributed by atoms with Crippen molar-refractivity contribution in [3.05, 3.63) is 121 Å². The molecule has 5 aromatic carbocycles. The molecule has 1 heterocycles. The predicted molar refractivity (Wildman–Crippen MR) is 136 cm³/mol. The van der Waals surface area contributed by atoms with Gasteiger partial charge in [0.25, 0.3) is 0 Å². The molecule has 0 N–H and O–H groups in total. The van der Waals surface area contributed by atoms with Crippen LogP contribution in [0, 0.1) is 0 Å². The van der Waals surface area contributed by atoms with Crippen LogP contribution in [0.15, 0.2) is 121 Å². The predicted octanol–water partition coefficient (Wildman–Crippen LogP) is 6.18. The molecule has 0 unspecified atom stereocenters. The summed E-state index contributed by atoms with van der Waals surface area (Å²) in [5, 5.41) is 7.03. The van der Waals surface area contributed by atoms with Crippen molar-refractivity contribution in [3.8, 4) is 0 Å². The summed E-state index contributed by atoms with van der Waals surface area (Å²) in [4.78, 5) is 5.07. The summed E-state index contributed by atoms with van der Waals surface area (Å²) in [6.07, 6.45) is 0. The molecule has 6 aromatic rings. The van der Waals surface area contributed by atoms with Crippen molar-refractivity contribution >= 4 is 55.6 Å². The highest BCUT2D eigenvalue weighted by molar-refractivity contribution is 7.85. The van der Waals surface area contributed by atoms with Crippen molar-refractivity contribution in [2.45, 2.75) is 0 Å². The third-order valence-corrected chi connectivity index (χ3v) is 9.10. The number of aromatic nitrogens is 1. The van der Waals surface area contributed by atoms with E-state index in [2.05, 4.69) is 42.5 Å². The standard InChI is InChI=1S/C29H20NOP/c31-32(22-12-3-1-4-13-22,23-14-5-2-6-15-23)29-26-20-19-21-11-7-8-16-24(21)28(26)25-17-9-10-18-27(25)30-29/h1-20H. The molecule has 1 aromatic heterocycles. The molecule has 0 saturated heterocycles. The Balaban J connectivity index is 1.84. The first kappa shape index (κ1) is 19.0. The maximum absolute atomic E-state index is 15.1. The van der Waals surface area contributed by atoms with Crippen LogP contribution in [0.1, 0.15) is 0 Å². The topological polar surface area (TPSA) is 30.0 Å². The van der Waals surface area contributed by atoms with Gasteiger partial charge >= 0.3 is 0 Å². The van der Waals surface area contributed by atoms with Crippen LogP contribution in [-0.2, 0) is 4.57 Å². The van der Waals surface area contributed by atoms with Crippen LogP contribution in [0.4, 0.5) is 0 Å². The fourth-order valence-electron chi connectivity index (χ4n) is 4.61. The Morgan fingerprint density at radius 3 is 1.75 bits per heavy atom. The fraction of sp³-hybridized carbons (Fsp3) is 0. The Morgan fingerprint density at radius 1 is 0.500 bits per heavy atom. The van der Waals surface area contributed by atoms with E-state index in [9.17, 15) is 0 Å². The summed E-state index contributed by atoms with van der Waals surface area (Å²) in [5.41, 5.74) is 1.51. The Labute approximate surface area is 186 Å². The Kier molecular flexibility index (Phi) is 4.41. The summed E-state index contributed by atoms with van der Waals surface area (Å²) in [5.74, 6) is 0. The van der Waals surface area contributed by atoms with Crippen LogP contribution in [0.2, 0.25) is 0 Å². The zero-order valence-electron chi connectivity index (χ0n) is 17.3. The molecule has 0 amide bonds. The highest BCUT2D eigenvalue weighted by atomic mass is 31.2. The monoisotopic (exact) mass is 429 g/mol. The molecule has 6 rings (SSSR count). The first-order valence-electron chi connectivity index (χ1n) is 10.7. The molecule has 2 nitrogen and oxygen atoms in total. The Hall–Kier alpha value is -3.74. The summed E-state index contributed by atoms with van der Waals surface area (Å²) in [6.45, 7) is 0. The van der Waals surface area contributed by atoms with Crippen LogP contribution >= 0.6 is 7.14 Å². The quantitative estimate of drug-likeness (QED) is 0.248. The van der Waals surface area contributed by atoms with Gasteiger partial charge < -0.3 is 4.57 Å². The molecule has 0 saturated carbocycles. The van der Waals surface area contributed by atoms with Gasteiger partial charge in [-0.3, -0.25) is 0 Å². The molecule has 0 aliphatic rings. The SMILES string of the molecule is O=P(c1ccccc1)(c1ccccc1)c1nc2ccccc2c2c1ccc1ccccc12. The van der Waals surface area contributed by atoms with Gasteiger partial charge in [0, 0.05) is 26.8 Å². The second kappa shape index (κ2) is 7.44. The average Bonchev–Trinajstić information content (AvgIpc) is 2.88. The molecule has 0 radical (unpaired) electrons. The largest absolute Gasteiger partial charge is 0.307 e. The van der Waals surface area contributed by atoms with Gasteiger partial charge in [-0.15, -0.1) is 0 Å². The molecular formula is C29H20NOP. The lowest BCUT2D eigenvalue weighted by Gasteiger charge is -2.22. The van der Waals surface area contributed by atoms with Gasteiger partial charge in [0.15, 0.2) is 7.14 Å². The maximum atomic E-state index is 15.1. The van der Waals surface area contributed by atoms with Crippen molar-refractivity contribution < 1.29 is 4.57 Å². The number of hydrogen-bond donors (Lipinski definition) is 0. The van der Waals surface area contributed by atoms with E-state index >= 15 is 4.57 Å². The third-order valence-electron chi connectivity index (χ3n) is 6.11. The van der Waals surface area contributed by atoms with Crippen LogP contribution in [0.3, 0.4) is 0 Å². The summed E-state index contributed by atoms with van der Waals surface area (Å²) in [7, 11) is -3.22. The van der Waals surface area contributed by atoms with Gasteiger partial charge in [-0.1, -0.05) is 115 Å². The van der Waals surface area contributed by atoms with Gasteiger partial charge in [0.05, 0.1) is 5.52 Å². The number of para-hydroxylation sites is 1. The second-order valence-corrected chi connectivity index (χ2v) is 10.6. The van der Waals surface area contributed by atoms with E-state index in [1.165, 1.54) is 0 Å². The van der Waals surface area contributed by atoms with Crippen molar-refractivity contribution in [1.29, 1.82) is 0 Å². The lowest BCUT2D eigenvalue weighted by Crippen LogP contribution is -2.27. The van der Waals surface area contributed by atoms with Gasteiger partial charge in [0.2, 0.25) is 0 Å². The molecule has 0 atom stereocenters. The maximum Gasteiger partial charge on any atom is 0.189 e. The van der Waals surface area contributed by atoms with Gasteiger partial charge in [-0.05, 0) is 16.8 Å². The van der Waals surface area contributed by atoms with E-state index in [0.29, 0.717) is 5.44 Å². The molecule has 0 fully saturated rings. The minimum absolute atomic E-state index is 0.648. The molecule has 0 bridgehead atoms. The Bertz CT molecular complexity index is 1580. The summed E-state index contributed by atoms with van der Waals surface area (Å²) >= 11 is 0. The molecule has 3 heteroatoms. The van der Waals surface area contributed by atoms with E-state index in [1.807, 2.05) is 78.9 Å². The molecule has 0 aliphatic carbocycles. The fourth-order valence-corrected chi connectivity index (χ4v) is 7.36. The van der Waals surface area contributed by atoms with E-state index in [4.69, 9.17) is 4.98 Å². The highest BCUT2D eigenvalue weighted by Crippen LogP contribution is 2.45. The van der Waals surface area contributed by atoms with Gasteiger partial charge in [-0.25, -0.2) is 4.98 Å².